The third-order valence-corrected chi connectivity index (χ3v) is 5.27. The molecule has 3 heterocycles. The van der Waals surface area contributed by atoms with E-state index in [4.69, 9.17) is 9.84 Å². The van der Waals surface area contributed by atoms with Crippen molar-refractivity contribution in [2.24, 2.45) is 5.92 Å². The number of fused-ring (bicyclic) bond motifs is 2. The summed E-state index contributed by atoms with van der Waals surface area (Å²) in [7, 11) is 0. The third-order valence-electron chi connectivity index (χ3n) is 5.27. The molecule has 2 aliphatic rings. The molecule has 0 saturated carbocycles. The van der Waals surface area contributed by atoms with Crippen LogP contribution in [-0.2, 0) is 22.6 Å². The number of amides is 1. The third kappa shape index (κ3) is 3.39. The van der Waals surface area contributed by atoms with Gasteiger partial charge >= 0.3 is 5.97 Å². The van der Waals surface area contributed by atoms with Gasteiger partial charge in [-0.15, -0.1) is 0 Å². The van der Waals surface area contributed by atoms with E-state index in [1.165, 1.54) is 4.90 Å². The van der Waals surface area contributed by atoms with Crippen LogP contribution in [0.4, 0.5) is 0 Å². The highest BCUT2D eigenvalue weighted by Gasteiger charge is 2.28. The topological polar surface area (TPSA) is 102 Å². The van der Waals surface area contributed by atoms with E-state index >= 15 is 0 Å². The highest BCUT2D eigenvalue weighted by molar-refractivity contribution is 5.81. The molecule has 1 amide bonds. The second kappa shape index (κ2) is 7.02. The molecule has 2 aliphatic heterocycles. The van der Waals surface area contributed by atoms with E-state index in [-0.39, 0.29) is 24.6 Å². The Morgan fingerprint density at radius 1 is 1.26 bits per heavy atom. The maximum absolute atomic E-state index is 12.6. The fourth-order valence-electron chi connectivity index (χ4n) is 3.79. The van der Waals surface area contributed by atoms with Crippen molar-refractivity contribution in [1.82, 2.24) is 14.5 Å². The predicted octanol–water partition coefficient (Wildman–Crippen LogP) is 1.04. The summed E-state index contributed by atoms with van der Waals surface area (Å²) in [4.78, 5) is 42.1. The molecule has 0 radical (unpaired) electrons. The molecule has 1 aromatic carbocycles. The number of rotatable bonds is 4. The first-order chi connectivity index (χ1) is 13.0. The van der Waals surface area contributed by atoms with Crippen molar-refractivity contribution in [2.45, 2.75) is 32.2 Å². The van der Waals surface area contributed by atoms with Gasteiger partial charge in [-0.3, -0.25) is 19.0 Å². The Balaban J connectivity index is 1.47. The lowest BCUT2D eigenvalue weighted by Crippen LogP contribution is -2.44. The molecule has 1 aromatic heterocycles. The number of piperidine rings is 1. The Labute approximate surface area is 155 Å². The van der Waals surface area contributed by atoms with E-state index in [1.54, 1.807) is 22.8 Å². The van der Waals surface area contributed by atoms with Gasteiger partial charge < -0.3 is 14.7 Å². The number of benzene rings is 1. The Hall–Kier alpha value is -2.90. The van der Waals surface area contributed by atoms with Crippen molar-refractivity contribution in [3.8, 4) is 5.75 Å². The van der Waals surface area contributed by atoms with Crippen LogP contribution in [0.15, 0.2) is 23.0 Å². The lowest BCUT2D eigenvalue weighted by Gasteiger charge is -2.30. The van der Waals surface area contributed by atoms with Gasteiger partial charge in [-0.2, -0.15) is 0 Å². The van der Waals surface area contributed by atoms with Crippen molar-refractivity contribution < 1.29 is 19.4 Å². The standard InChI is InChI=1S/C19H21N3O5/c23-17(21-7-1-3-12(10-21)19(25)26)11-27-13-5-6-15-14(9-13)18(24)22-8-2-4-16(22)20-15/h5-6,9,12H,1-4,7-8,10-11H2,(H,25,26). The average molecular weight is 371 g/mol. The fourth-order valence-corrected chi connectivity index (χ4v) is 3.79. The summed E-state index contributed by atoms with van der Waals surface area (Å²) in [5, 5.41) is 9.61. The molecule has 0 spiro atoms. The zero-order valence-corrected chi connectivity index (χ0v) is 14.9. The van der Waals surface area contributed by atoms with Crippen LogP contribution in [0.1, 0.15) is 25.1 Å². The smallest absolute Gasteiger partial charge is 0.308 e. The molecule has 1 N–H and O–H groups in total. The van der Waals surface area contributed by atoms with Crippen LogP contribution in [0.25, 0.3) is 10.9 Å². The molecule has 8 heteroatoms. The lowest BCUT2D eigenvalue weighted by atomic mass is 9.98. The first kappa shape index (κ1) is 17.5. The molecule has 1 atom stereocenters. The largest absolute Gasteiger partial charge is 0.484 e. The average Bonchev–Trinajstić information content (AvgIpc) is 3.15. The minimum atomic E-state index is -0.872. The van der Waals surface area contributed by atoms with Crippen LogP contribution in [0, 0.1) is 5.92 Å². The number of carboxylic acids is 1. The molecule has 1 fully saturated rings. The molecule has 4 rings (SSSR count). The summed E-state index contributed by atoms with van der Waals surface area (Å²) in [5.41, 5.74) is 0.553. The summed E-state index contributed by atoms with van der Waals surface area (Å²) < 4.78 is 7.28. The number of nitrogens with zero attached hydrogens (tertiary/aromatic N) is 3. The highest BCUT2D eigenvalue weighted by Crippen LogP contribution is 2.21. The number of likely N-dealkylation sites (tertiary alicyclic amines) is 1. The summed E-state index contributed by atoms with van der Waals surface area (Å²) in [6.45, 7) is 1.26. The number of carbonyl (C=O) groups is 2. The number of hydrogen-bond donors (Lipinski definition) is 1. The number of aliphatic carboxylic acids is 1. The van der Waals surface area contributed by atoms with Gasteiger partial charge in [0, 0.05) is 26.1 Å². The molecular weight excluding hydrogens is 350 g/mol. The van der Waals surface area contributed by atoms with Crippen LogP contribution in [0.2, 0.25) is 0 Å². The number of ether oxygens (including phenoxy) is 1. The van der Waals surface area contributed by atoms with E-state index in [0.29, 0.717) is 42.6 Å². The molecule has 1 unspecified atom stereocenters. The molecular formula is C19H21N3O5. The van der Waals surface area contributed by atoms with E-state index in [9.17, 15) is 14.4 Å². The summed E-state index contributed by atoms with van der Waals surface area (Å²) >= 11 is 0. The van der Waals surface area contributed by atoms with Crippen molar-refractivity contribution in [1.29, 1.82) is 0 Å². The normalized spacial score (nSPS) is 19.1. The zero-order chi connectivity index (χ0) is 19.0. The number of aryl methyl sites for hydroxylation is 1. The molecule has 2 aromatic rings. The predicted molar refractivity (Wildman–Crippen MR) is 96.8 cm³/mol. The van der Waals surface area contributed by atoms with Crippen molar-refractivity contribution in [2.75, 3.05) is 19.7 Å². The van der Waals surface area contributed by atoms with Crippen molar-refractivity contribution in [3.05, 3.63) is 34.4 Å². The number of hydrogen-bond acceptors (Lipinski definition) is 5. The van der Waals surface area contributed by atoms with Gasteiger partial charge in [0.05, 0.1) is 16.8 Å². The van der Waals surface area contributed by atoms with Crippen molar-refractivity contribution in [3.63, 3.8) is 0 Å². The Kier molecular flexibility index (Phi) is 4.55. The Bertz CT molecular complexity index is 968. The Morgan fingerprint density at radius 3 is 2.93 bits per heavy atom. The Morgan fingerprint density at radius 2 is 2.11 bits per heavy atom. The van der Waals surface area contributed by atoms with Gasteiger partial charge in [-0.25, -0.2) is 4.98 Å². The summed E-state index contributed by atoms with van der Waals surface area (Å²) in [6, 6.07) is 5.06. The highest BCUT2D eigenvalue weighted by atomic mass is 16.5. The molecule has 0 aliphatic carbocycles. The minimum Gasteiger partial charge on any atom is -0.484 e. The quantitative estimate of drug-likeness (QED) is 0.862. The van der Waals surface area contributed by atoms with Gasteiger partial charge in [0.2, 0.25) is 0 Å². The molecule has 8 nitrogen and oxygen atoms in total. The van der Waals surface area contributed by atoms with Gasteiger partial charge in [0.25, 0.3) is 11.5 Å². The lowest BCUT2D eigenvalue weighted by molar-refractivity contribution is -0.146. The molecule has 0 bridgehead atoms. The zero-order valence-electron chi connectivity index (χ0n) is 14.9. The first-order valence-electron chi connectivity index (χ1n) is 9.20. The molecule has 1 saturated heterocycles. The van der Waals surface area contributed by atoms with Gasteiger partial charge in [0.15, 0.2) is 6.61 Å². The van der Waals surface area contributed by atoms with Crippen molar-refractivity contribution >= 4 is 22.8 Å². The molecule has 27 heavy (non-hydrogen) atoms. The van der Waals surface area contributed by atoms with Crippen LogP contribution in [0.5, 0.6) is 5.75 Å². The monoisotopic (exact) mass is 371 g/mol. The fraction of sp³-hybridized carbons (Fsp3) is 0.474. The van der Waals surface area contributed by atoms with E-state index in [2.05, 4.69) is 4.98 Å². The second-order valence-electron chi connectivity index (χ2n) is 7.07. The minimum absolute atomic E-state index is 0.0791. The van der Waals surface area contributed by atoms with E-state index < -0.39 is 11.9 Å². The number of carboxylic acid groups (broad SMARTS) is 1. The van der Waals surface area contributed by atoms with E-state index in [0.717, 1.165) is 18.7 Å². The first-order valence-corrected chi connectivity index (χ1v) is 9.20. The summed E-state index contributed by atoms with van der Waals surface area (Å²) in [5.74, 6) is -0.389. The van der Waals surface area contributed by atoms with E-state index in [1.807, 2.05) is 0 Å². The van der Waals surface area contributed by atoms with Gasteiger partial charge in [-0.1, -0.05) is 0 Å². The van der Waals surface area contributed by atoms with Crippen LogP contribution >= 0.6 is 0 Å². The number of aromatic nitrogens is 2. The van der Waals surface area contributed by atoms with Crippen LogP contribution < -0.4 is 10.3 Å². The number of carbonyl (C=O) groups excluding carboxylic acids is 1. The van der Waals surface area contributed by atoms with Crippen LogP contribution in [-0.4, -0.2) is 51.1 Å². The maximum Gasteiger partial charge on any atom is 0.308 e. The van der Waals surface area contributed by atoms with Gasteiger partial charge in [-0.05, 0) is 37.5 Å². The maximum atomic E-state index is 12.6. The SMILES string of the molecule is O=C(O)C1CCCN(C(=O)COc2ccc3nc4n(c(=O)c3c2)CCC4)C1. The summed E-state index contributed by atoms with van der Waals surface area (Å²) in [6.07, 6.45) is 2.99. The van der Waals surface area contributed by atoms with Gasteiger partial charge in [0.1, 0.15) is 11.6 Å². The molecule has 142 valence electrons. The van der Waals surface area contributed by atoms with Crippen LogP contribution in [0.3, 0.4) is 0 Å². The second-order valence-corrected chi connectivity index (χ2v) is 7.07.